The first kappa shape index (κ1) is 23.6. The first-order chi connectivity index (χ1) is 16.2. The molecule has 10 heteroatoms. The monoisotopic (exact) mass is 470 g/mol. The number of fused-ring (bicyclic) bond motifs is 1. The highest BCUT2D eigenvalue weighted by Gasteiger charge is 2.35. The molecule has 34 heavy (non-hydrogen) atoms. The van der Waals surface area contributed by atoms with Crippen LogP contribution in [0.2, 0.25) is 0 Å². The van der Waals surface area contributed by atoms with Crippen molar-refractivity contribution < 1.29 is 18.3 Å². The minimum atomic E-state index is -1.01. The number of amides is 1. The summed E-state index contributed by atoms with van der Waals surface area (Å²) in [4.78, 5) is 23.7. The van der Waals surface area contributed by atoms with E-state index < -0.39 is 11.6 Å². The topological polar surface area (TPSA) is 85.2 Å². The van der Waals surface area contributed by atoms with Crippen LogP contribution >= 0.6 is 0 Å². The fraction of sp³-hybridized carbons (Fsp3) is 0.417. The van der Waals surface area contributed by atoms with E-state index in [1.807, 2.05) is 32.7 Å². The normalized spacial score (nSPS) is 15.5. The Morgan fingerprint density at radius 3 is 2.65 bits per heavy atom. The Labute approximate surface area is 197 Å². The van der Waals surface area contributed by atoms with Crippen molar-refractivity contribution in [1.82, 2.24) is 19.7 Å². The van der Waals surface area contributed by atoms with Crippen LogP contribution in [0.1, 0.15) is 36.5 Å². The first-order valence-corrected chi connectivity index (χ1v) is 11.1. The molecule has 0 spiro atoms. The van der Waals surface area contributed by atoms with Crippen molar-refractivity contribution in [2.24, 2.45) is 5.92 Å². The lowest BCUT2D eigenvalue weighted by Crippen LogP contribution is -2.49. The lowest BCUT2D eigenvalue weighted by atomic mass is 9.99. The van der Waals surface area contributed by atoms with Crippen LogP contribution in [0.4, 0.5) is 20.3 Å². The van der Waals surface area contributed by atoms with Crippen molar-refractivity contribution in [3.8, 4) is 5.75 Å². The summed E-state index contributed by atoms with van der Waals surface area (Å²) in [6, 6.07) is 2.59. The number of nitrogens with one attached hydrogen (secondary N) is 1. The van der Waals surface area contributed by atoms with E-state index >= 15 is 0 Å². The van der Waals surface area contributed by atoms with Gasteiger partial charge >= 0.3 is 0 Å². The number of methoxy groups -OCH3 is 1. The number of halogens is 2. The molecule has 0 radical (unpaired) electrons. The van der Waals surface area contributed by atoms with Crippen molar-refractivity contribution in [3.63, 3.8) is 0 Å². The second kappa shape index (κ2) is 9.36. The maximum Gasteiger partial charge on any atom is 0.247 e. The molecule has 3 aromatic rings. The number of carbonyl (C=O) groups is 1. The number of carbonyl (C=O) groups excluding carboxylic acids is 1. The summed E-state index contributed by atoms with van der Waals surface area (Å²) in [5, 5.41) is 7.22. The fourth-order valence-corrected chi connectivity index (χ4v) is 4.29. The molecule has 0 saturated heterocycles. The summed E-state index contributed by atoms with van der Waals surface area (Å²) in [6.45, 7) is 5.96. The number of aryl methyl sites for hydroxylation is 3. The Hall–Kier alpha value is -3.56. The van der Waals surface area contributed by atoms with Gasteiger partial charge in [0.15, 0.2) is 17.4 Å². The molecule has 2 aromatic heterocycles. The van der Waals surface area contributed by atoms with E-state index in [-0.39, 0.29) is 35.7 Å². The molecular formula is C24H28F2N6O2. The molecule has 1 amide bonds. The van der Waals surface area contributed by atoms with Crippen LogP contribution < -0.4 is 15.0 Å². The number of anilines is 2. The second-order valence-corrected chi connectivity index (χ2v) is 8.81. The highest BCUT2D eigenvalue weighted by molar-refractivity contribution is 6.03. The molecule has 0 unspecified atom stereocenters. The lowest BCUT2D eigenvalue weighted by molar-refractivity contribution is -0.118. The third-order valence-corrected chi connectivity index (χ3v) is 6.02. The summed E-state index contributed by atoms with van der Waals surface area (Å²) >= 11 is 0. The van der Waals surface area contributed by atoms with Crippen molar-refractivity contribution in [2.75, 3.05) is 24.4 Å². The van der Waals surface area contributed by atoms with Gasteiger partial charge in [-0.2, -0.15) is 9.49 Å². The summed E-state index contributed by atoms with van der Waals surface area (Å²) in [6.07, 6.45) is 4.69. The summed E-state index contributed by atoms with van der Waals surface area (Å²) < 4.78 is 34.6. The van der Waals surface area contributed by atoms with Gasteiger partial charge in [-0.25, -0.2) is 14.4 Å². The Morgan fingerprint density at radius 1 is 1.18 bits per heavy atom. The van der Waals surface area contributed by atoms with E-state index in [2.05, 4.69) is 15.4 Å². The van der Waals surface area contributed by atoms with Gasteiger partial charge in [-0.15, -0.1) is 0 Å². The Bertz CT molecular complexity index is 1230. The van der Waals surface area contributed by atoms with Crippen molar-refractivity contribution in [2.45, 2.75) is 46.2 Å². The molecule has 0 bridgehead atoms. The van der Waals surface area contributed by atoms with E-state index in [0.717, 1.165) is 11.3 Å². The molecule has 180 valence electrons. The third kappa shape index (κ3) is 4.44. The summed E-state index contributed by atoms with van der Waals surface area (Å²) in [5.41, 5.74) is 2.48. The molecule has 0 fully saturated rings. The van der Waals surface area contributed by atoms with Gasteiger partial charge in [0.05, 0.1) is 25.5 Å². The third-order valence-electron chi connectivity index (χ3n) is 6.02. The molecule has 1 atom stereocenters. The summed E-state index contributed by atoms with van der Waals surface area (Å²) in [7, 11) is 3.17. The molecular weight excluding hydrogens is 442 g/mol. The number of benzene rings is 1. The molecule has 8 nitrogen and oxygen atoms in total. The highest BCUT2D eigenvalue weighted by Crippen LogP contribution is 2.33. The van der Waals surface area contributed by atoms with Gasteiger partial charge in [-0.1, -0.05) is 19.9 Å². The van der Waals surface area contributed by atoms with E-state index in [1.165, 1.54) is 19.2 Å². The average Bonchev–Trinajstić information content (AvgIpc) is 3.24. The van der Waals surface area contributed by atoms with Gasteiger partial charge in [-0.3, -0.25) is 9.48 Å². The van der Waals surface area contributed by atoms with Crippen molar-refractivity contribution >= 4 is 17.4 Å². The zero-order valence-corrected chi connectivity index (χ0v) is 19.9. The smallest absolute Gasteiger partial charge is 0.247 e. The maximum atomic E-state index is 14.3. The zero-order chi connectivity index (χ0) is 24.6. The standard InChI is InChI=1S/C24H28F2N6O2/c1-13(2)22-24(33)30-21-14(3)28-18(29-23(21)31(22)4)9-6-15-10-27-32(11-15)12-16-7-8-17(34-5)20(26)19(16)25/h7-8,10-11,13,22H,6,9,12H2,1-5H3,(H,30,33)/t22-/m0/s1. The molecule has 0 aliphatic carbocycles. The maximum absolute atomic E-state index is 14.3. The van der Waals surface area contributed by atoms with E-state index in [1.54, 1.807) is 17.1 Å². The molecule has 4 rings (SSSR count). The van der Waals surface area contributed by atoms with Crippen LogP contribution in [0.25, 0.3) is 0 Å². The number of nitrogens with zero attached hydrogens (tertiary/aromatic N) is 5. The second-order valence-electron chi connectivity index (χ2n) is 8.81. The number of hydrogen-bond acceptors (Lipinski definition) is 6. The Balaban J connectivity index is 1.47. The number of likely N-dealkylation sites (N-methyl/N-ethyl adjacent to an activating group) is 1. The number of hydrogen-bond donors (Lipinski definition) is 1. The average molecular weight is 471 g/mol. The number of ether oxygens (including phenoxy) is 1. The van der Waals surface area contributed by atoms with Gasteiger partial charge in [0, 0.05) is 25.2 Å². The SMILES string of the molecule is COc1ccc(Cn2cc(CCc3nc(C)c4c(n3)N(C)[C@@H](C(C)C)C(=O)N4)cn2)c(F)c1F. The van der Waals surface area contributed by atoms with Crippen LogP contribution in [-0.4, -0.2) is 45.9 Å². The van der Waals surface area contributed by atoms with E-state index in [0.29, 0.717) is 30.2 Å². The minimum Gasteiger partial charge on any atom is -0.494 e. The fourth-order valence-electron chi connectivity index (χ4n) is 4.29. The first-order valence-electron chi connectivity index (χ1n) is 11.1. The number of rotatable bonds is 7. The predicted octanol–water partition coefficient (Wildman–Crippen LogP) is 3.51. The van der Waals surface area contributed by atoms with Gasteiger partial charge < -0.3 is 15.0 Å². The van der Waals surface area contributed by atoms with Crippen LogP contribution in [0.5, 0.6) is 5.75 Å². The van der Waals surface area contributed by atoms with Crippen LogP contribution in [0, 0.1) is 24.5 Å². The van der Waals surface area contributed by atoms with E-state index in [9.17, 15) is 13.6 Å². The van der Waals surface area contributed by atoms with Gasteiger partial charge in [0.1, 0.15) is 17.6 Å². The highest BCUT2D eigenvalue weighted by atomic mass is 19.2. The van der Waals surface area contributed by atoms with E-state index in [4.69, 9.17) is 9.72 Å². The number of aromatic nitrogens is 4. The predicted molar refractivity (Wildman–Crippen MR) is 124 cm³/mol. The van der Waals surface area contributed by atoms with Gasteiger partial charge in [0.25, 0.3) is 0 Å². The molecule has 1 aliphatic heterocycles. The Morgan fingerprint density at radius 2 is 1.94 bits per heavy atom. The summed E-state index contributed by atoms with van der Waals surface area (Å²) in [5.74, 6) is -0.617. The molecule has 0 saturated carbocycles. The Kier molecular flexibility index (Phi) is 6.49. The zero-order valence-electron chi connectivity index (χ0n) is 19.9. The van der Waals surface area contributed by atoms with Crippen molar-refractivity contribution in [3.05, 3.63) is 58.8 Å². The molecule has 1 aromatic carbocycles. The van der Waals surface area contributed by atoms with Crippen LogP contribution in [0.3, 0.4) is 0 Å². The van der Waals surface area contributed by atoms with Crippen LogP contribution in [0.15, 0.2) is 24.5 Å². The molecule has 1 N–H and O–H groups in total. The van der Waals surface area contributed by atoms with Gasteiger partial charge in [-0.05, 0) is 30.9 Å². The largest absolute Gasteiger partial charge is 0.494 e. The molecule has 3 heterocycles. The van der Waals surface area contributed by atoms with Crippen LogP contribution in [-0.2, 0) is 24.2 Å². The van der Waals surface area contributed by atoms with Gasteiger partial charge in [0.2, 0.25) is 11.7 Å². The lowest BCUT2D eigenvalue weighted by Gasteiger charge is -2.36. The quantitative estimate of drug-likeness (QED) is 0.569. The van der Waals surface area contributed by atoms with Crippen molar-refractivity contribution in [1.29, 1.82) is 0 Å². The molecule has 1 aliphatic rings. The minimum absolute atomic E-state index is 0.0509.